The van der Waals surface area contributed by atoms with Gasteiger partial charge in [-0.25, -0.2) is 0 Å². The number of carbonyl (C=O) groups is 1. The van der Waals surface area contributed by atoms with Gasteiger partial charge in [-0.05, 0) is 61.3 Å². The van der Waals surface area contributed by atoms with Crippen LogP contribution in [0, 0.1) is 13.8 Å². The summed E-state index contributed by atoms with van der Waals surface area (Å²) in [6.45, 7) is 7.10. The second-order valence-corrected chi connectivity index (χ2v) is 9.28. The van der Waals surface area contributed by atoms with E-state index in [2.05, 4.69) is 31.3 Å². The van der Waals surface area contributed by atoms with Crippen LogP contribution >= 0.6 is 15.9 Å². The molecule has 0 aliphatic carbocycles. The van der Waals surface area contributed by atoms with Crippen LogP contribution in [0.25, 0.3) is 17.2 Å². The molecule has 2 aromatic carbocycles. The second kappa shape index (κ2) is 8.57. The van der Waals surface area contributed by atoms with Crippen molar-refractivity contribution in [3.05, 3.63) is 80.2 Å². The minimum Gasteiger partial charge on any atom is -0.386 e. The van der Waals surface area contributed by atoms with Crippen LogP contribution in [0.5, 0.6) is 0 Å². The first-order chi connectivity index (χ1) is 15.5. The van der Waals surface area contributed by atoms with Crippen LogP contribution in [0.15, 0.2) is 57.8 Å². The largest absolute Gasteiger partial charge is 0.386 e. The summed E-state index contributed by atoms with van der Waals surface area (Å²) in [6.07, 6.45) is 0. The molecule has 0 unspecified atom stereocenters. The molecule has 4 aromatic rings. The first-order valence-corrected chi connectivity index (χ1v) is 11.2. The van der Waals surface area contributed by atoms with Gasteiger partial charge in [-0.3, -0.25) is 9.59 Å². The number of amides is 1. The fourth-order valence-corrected chi connectivity index (χ4v) is 3.83. The normalized spacial score (nSPS) is 11.7. The van der Waals surface area contributed by atoms with Crippen LogP contribution in [0.3, 0.4) is 0 Å². The average molecular weight is 510 g/mol. The number of aromatic nitrogens is 4. The monoisotopic (exact) mass is 509 g/mol. The highest BCUT2D eigenvalue weighted by Crippen LogP contribution is 2.24. The van der Waals surface area contributed by atoms with Crippen LogP contribution < -0.4 is 10.9 Å². The zero-order chi connectivity index (χ0) is 23.9. The zero-order valence-electron chi connectivity index (χ0n) is 18.8. The van der Waals surface area contributed by atoms with E-state index in [1.807, 2.05) is 31.2 Å². The summed E-state index contributed by atoms with van der Waals surface area (Å²) in [4.78, 5) is 30.1. The van der Waals surface area contributed by atoms with E-state index in [-0.39, 0.29) is 23.8 Å². The minimum absolute atomic E-state index is 0.0438. The maximum atomic E-state index is 12.8. The first kappa shape index (κ1) is 22.9. The van der Waals surface area contributed by atoms with Crippen LogP contribution in [0.1, 0.15) is 30.7 Å². The SMILES string of the molecule is Cc1ccc(NC(=O)Cn2c(C)c(Br)c(=O)n3nc(-c4ccc(C(C)(C)O)cc4)nc23)cc1. The van der Waals surface area contributed by atoms with Crippen molar-refractivity contribution in [2.75, 3.05) is 5.32 Å². The summed E-state index contributed by atoms with van der Waals surface area (Å²) in [6, 6.07) is 14.7. The molecule has 2 aromatic heterocycles. The highest BCUT2D eigenvalue weighted by Gasteiger charge is 2.20. The molecule has 2 heterocycles. The zero-order valence-corrected chi connectivity index (χ0v) is 20.3. The summed E-state index contributed by atoms with van der Waals surface area (Å²) in [5.41, 5.74) is 2.47. The lowest BCUT2D eigenvalue weighted by molar-refractivity contribution is -0.116. The molecular formula is C24H24BrN5O3. The Balaban J connectivity index is 1.72. The van der Waals surface area contributed by atoms with E-state index < -0.39 is 5.60 Å². The molecule has 0 radical (unpaired) electrons. The number of aryl methyl sites for hydroxylation is 1. The topological polar surface area (TPSA) is 102 Å². The lowest BCUT2D eigenvalue weighted by atomic mass is 9.97. The first-order valence-electron chi connectivity index (χ1n) is 10.4. The lowest BCUT2D eigenvalue weighted by Gasteiger charge is -2.17. The van der Waals surface area contributed by atoms with E-state index in [0.29, 0.717) is 27.2 Å². The van der Waals surface area contributed by atoms with Crippen LogP contribution in [0.4, 0.5) is 5.69 Å². The third-order valence-corrected chi connectivity index (χ3v) is 6.33. The van der Waals surface area contributed by atoms with Gasteiger partial charge in [0.25, 0.3) is 5.56 Å². The van der Waals surface area contributed by atoms with Crippen molar-refractivity contribution < 1.29 is 9.90 Å². The molecule has 0 saturated carbocycles. The molecule has 1 amide bonds. The molecule has 0 fully saturated rings. The van der Waals surface area contributed by atoms with Crippen molar-refractivity contribution in [1.29, 1.82) is 0 Å². The Kier molecular flexibility index (Phi) is 5.94. The minimum atomic E-state index is -0.969. The third kappa shape index (κ3) is 4.60. The summed E-state index contributed by atoms with van der Waals surface area (Å²) in [7, 11) is 0. The van der Waals surface area contributed by atoms with Crippen molar-refractivity contribution in [2.24, 2.45) is 0 Å². The number of halogens is 1. The molecule has 0 atom stereocenters. The van der Waals surface area contributed by atoms with Gasteiger partial charge in [-0.15, -0.1) is 5.10 Å². The summed E-state index contributed by atoms with van der Waals surface area (Å²) >= 11 is 3.33. The molecule has 33 heavy (non-hydrogen) atoms. The van der Waals surface area contributed by atoms with Crippen molar-refractivity contribution in [3.63, 3.8) is 0 Å². The Hall–Kier alpha value is -3.30. The summed E-state index contributed by atoms with van der Waals surface area (Å²) < 4.78 is 3.15. The fourth-order valence-electron chi connectivity index (χ4n) is 3.45. The van der Waals surface area contributed by atoms with E-state index in [1.165, 1.54) is 4.52 Å². The van der Waals surface area contributed by atoms with Gasteiger partial charge in [-0.1, -0.05) is 42.0 Å². The van der Waals surface area contributed by atoms with Gasteiger partial charge in [0, 0.05) is 16.9 Å². The molecule has 0 saturated heterocycles. The van der Waals surface area contributed by atoms with Crippen molar-refractivity contribution in [3.8, 4) is 11.4 Å². The predicted molar refractivity (Wildman–Crippen MR) is 130 cm³/mol. The third-order valence-electron chi connectivity index (χ3n) is 5.42. The van der Waals surface area contributed by atoms with Gasteiger partial charge < -0.3 is 15.0 Å². The number of carbonyl (C=O) groups excluding carboxylic acids is 1. The average Bonchev–Trinajstić information content (AvgIpc) is 3.22. The van der Waals surface area contributed by atoms with Crippen LogP contribution in [-0.4, -0.2) is 30.2 Å². The number of nitrogens with one attached hydrogen (secondary N) is 1. The number of aliphatic hydroxyl groups is 1. The predicted octanol–water partition coefficient (Wildman–Crippen LogP) is 3.80. The Bertz CT molecular complexity index is 1400. The molecule has 2 N–H and O–H groups in total. The second-order valence-electron chi connectivity index (χ2n) is 8.49. The number of nitrogens with zero attached hydrogens (tertiary/aromatic N) is 4. The molecule has 0 spiro atoms. The number of benzene rings is 2. The van der Waals surface area contributed by atoms with Crippen molar-refractivity contribution in [1.82, 2.24) is 19.2 Å². The highest BCUT2D eigenvalue weighted by atomic mass is 79.9. The van der Waals surface area contributed by atoms with E-state index in [1.54, 1.807) is 49.6 Å². The Labute approximate surface area is 199 Å². The van der Waals surface area contributed by atoms with Crippen molar-refractivity contribution in [2.45, 2.75) is 39.8 Å². The number of hydrogen-bond acceptors (Lipinski definition) is 5. The Morgan fingerprint density at radius 3 is 2.33 bits per heavy atom. The number of anilines is 1. The molecule has 0 aliphatic heterocycles. The van der Waals surface area contributed by atoms with Crippen molar-refractivity contribution >= 4 is 33.3 Å². The number of fused-ring (bicyclic) bond motifs is 1. The smallest absolute Gasteiger partial charge is 0.290 e. The van der Waals surface area contributed by atoms with Gasteiger partial charge in [0.15, 0.2) is 5.82 Å². The van der Waals surface area contributed by atoms with Gasteiger partial charge in [-0.2, -0.15) is 9.50 Å². The quantitative estimate of drug-likeness (QED) is 0.426. The van der Waals surface area contributed by atoms with E-state index in [4.69, 9.17) is 0 Å². The maximum absolute atomic E-state index is 12.8. The fraction of sp³-hybridized carbons (Fsp3) is 0.250. The highest BCUT2D eigenvalue weighted by molar-refractivity contribution is 9.10. The summed E-state index contributed by atoms with van der Waals surface area (Å²) in [5.74, 6) is 0.361. The number of hydrogen-bond donors (Lipinski definition) is 2. The Morgan fingerprint density at radius 1 is 1.09 bits per heavy atom. The van der Waals surface area contributed by atoms with E-state index in [0.717, 1.165) is 11.1 Å². The van der Waals surface area contributed by atoms with Gasteiger partial charge in [0.1, 0.15) is 11.0 Å². The molecule has 9 heteroatoms. The van der Waals surface area contributed by atoms with Crippen LogP contribution in [0.2, 0.25) is 0 Å². The van der Waals surface area contributed by atoms with Crippen LogP contribution in [-0.2, 0) is 16.9 Å². The van der Waals surface area contributed by atoms with E-state index >= 15 is 0 Å². The molecule has 0 bridgehead atoms. The summed E-state index contributed by atoms with van der Waals surface area (Å²) in [5, 5.41) is 17.4. The van der Waals surface area contributed by atoms with Gasteiger partial charge >= 0.3 is 0 Å². The number of rotatable bonds is 5. The Morgan fingerprint density at radius 2 is 1.73 bits per heavy atom. The lowest BCUT2D eigenvalue weighted by Crippen LogP contribution is -2.27. The maximum Gasteiger partial charge on any atom is 0.290 e. The standard InChI is InChI=1S/C24H24BrN5O3/c1-14-5-11-18(12-6-14)26-19(31)13-29-15(2)20(25)22(32)30-23(29)27-21(28-30)16-7-9-17(10-8-16)24(3,4)33/h5-12,33H,13H2,1-4H3,(H,26,31). The van der Waals surface area contributed by atoms with Gasteiger partial charge in [0.2, 0.25) is 11.7 Å². The molecular weight excluding hydrogens is 486 g/mol. The molecule has 170 valence electrons. The van der Waals surface area contributed by atoms with E-state index in [9.17, 15) is 14.7 Å². The molecule has 8 nitrogen and oxygen atoms in total. The van der Waals surface area contributed by atoms with Gasteiger partial charge in [0.05, 0.1) is 5.60 Å². The molecule has 0 aliphatic rings. The molecule has 4 rings (SSSR count).